The van der Waals surface area contributed by atoms with Gasteiger partial charge in [0.15, 0.2) is 0 Å². The summed E-state index contributed by atoms with van der Waals surface area (Å²) >= 11 is 3.39. The van der Waals surface area contributed by atoms with E-state index in [2.05, 4.69) is 25.9 Å². The molecule has 0 bridgehead atoms. The predicted octanol–water partition coefficient (Wildman–Crippen LogP) is 2.57. The van der Waals surface area contributed by atoms with Gasteiger partial charge in [-0.05, 0) is 30.7 Å². The summed E-state index contributed by atoms with van der Waals surface area (Å²) in [5.41, 5.74) is 3.04. The molecule has 0 radical (unpaired) electrons. The van der Waals surface area contributed by atoms with Crippen molar-refractivity contribution in [3.63, 3.8) is 0 Å². The summed E-state index contributed by atoms with van der Waals surface area (Å²) in [5.74, 6) is 0. The van der Waals surface area contributed by atoms with E-state index in [9.17, 15) is 0 Å². The Morgan fingerprint density at radius 2 is 2.08 bits per heavy atom. The molecule has 66 valence electrons. The van der Waals surface area contributed by atoms with Crippen LogP contribution >= 0.6 is 15.9 Å². The van der Waals surface area contributed by atoms with Crippen molar-refractivity contribution >= 4 is 27.0 Å². The largest absolute Gasteiger partial charge is 0.255 e. The molecule has 2 aromatic heterocycles. The van der Waals surface area contributed by atoms with E-state index in [0.29, 0.717) is 0 Å². The van der Waals surface area contributed by atoms with Crippen LogP contribution in [0.3, 0.4) is 0 Å². The van der Waals surface area contributed by atoms with Crippen LogP contribution in [0.2, 0.25) is 0 Å². The molecular weight excluding hydrogens is 228 g/mol. The highest BCUT2D eigenvalue weighted by Crippen LogP contribution is 2.09. The summed E-state index contributed by atoms with van der Waals surface area (Å²) < 4.78 is 0. The van der Waals surface area contributed by atoms with Gasteiger partial charge in [-0.2, -0.15) is 0 Å². The first-order valence-electron chi connectivity index (χ1n) is 4.17. The number of rotatable bonds is 2. The molecule has 0 aromatic carbocycles. The molecule has 0 saturated carbocycles. The molecule has 0 atom stereocenters. The first-order chi connectivity index (χ1) is 6.40. The lowest BCUT2D eigenvalue weighted by Crippen LogP contribution is -1.91. The van der Waals surface area contributed by atoms with Crippen LogP contribution in [-0.2, 0) is 6.42 Å². The summed E-state index contributed by atoms with van der Waals surface area (Å²) in [6.45, 7) is 0. The second-order valence-electron chi connectivity index (χ2n) is 2.78. The van der Waals surface area contributed by atoms with E-state index in [1.54, 1.807) is 6.20 Å². The van der Waals surface area contributed by atoms with Gasteiger partial charge in [0, 0.05) is 17.2 Å². The van der Waals surface area contributed by atoms with Crippen molar-refractivity contribution in [2.45, 2.75) is 6.42 Å². The van der Waals surface area contributed by atoms with Crippen LogP contribution in [0, 0.1) is 0 Å². The first-order valence-corrected chi connectivity index (χ1v) is 5.29. The number of aromatic nitrogens is 2. The molecule has 13 heavy (non-hydrogen) atoms. The minimum absolute atomic E-state index is 0.950. The predicted molar refractivity (Wildman–Crippen MR) is 57.0 cm³/mol. The molecule has 2 rings (SSSR count). The average Bonchev–Trinajstić information content (AvgIpc) is 2.18. The van der Waals surface area contributed by atoms with Crippen LogP contribution < -0.4 is 0 Å². The van der Waals surface area contributed by atoms with E-state index >= 15 is 0 Å². The Morgan fingerprint density at radius 3 is 2.92 bits per heavy atom. The monoisotopic (exact) mass is 236 g/mol. The highest BCUT2D eigenvalue weighted by atomic mass is 79.9. The van der Waals surface area contributed by atoms with Gasteiger partial charge in [-0.3, -0.25) is 9.97 Å². The Balaban J connectivity index is 2.49. The summed E-state index contributed by atoms with van der Waals surface area (Å²) in [6, 6.07) is 7.93. The van der Waals surface area contributed by atoms with E-state index in [1.807, 2.05) is 24.3 Å². The van der Waals surface area contributed by atoms with Gasteiger partial charge >= 0.3 is 0 Å². The van der Waals surface area contributed by atoms with Crippen molar-refractivity contribution < 1.29 is 0 Å². The lowest BCUT2D eigenvalue weighted by atomic mass is 10.2. The minimum atomic E-state index is 0.950. The van der Waals surface area contributed by atoms with Crippen molar-refractivity contribution in [1.29, 1.82) is 0 Å². The number of hydrogen-bond donors (Lipinski definition) is 0. The zero-order chi connectivity index (χ0) is 9.10. The van der Waals surface area contributed by atoms with E-state index in [4.69, 9.17) is 0 Å². The van der Waals surface area contributed by atoms with Gasteiger partial charge < -0.3 is 0 Å². The van der Waals surface area contributed by atoms with Gasteiger partial charge in [0.05, 0.1) is 11.0 Å². The van der Waals surface area contributed by atoms with E-state index in [1.165, 1.54) is 0 Å². The third kappa shape index (κ3) is 1.86. The number of aryl methyl sites for hydroxylation is 1. The Kier molecular flexibility index (Phi) is 2.54. The number of fused-ring (bicyclic) bond motifs is 1. The lowest BCUT2D eigenvalue weighted by molar-refractivity contribution is 1.07. The summed E-state index contributed by atoms with van der Waals surface area (Å²) in [7, 11) is 0. The van der Waals surface area contributed by atoms with E-state index in [-0.39, 0.29) is 0 Å². The summed E-state index contributed by atoms with van der Waals surface area (Å²) in [6.07, 6.45) is 2.75. The van der Waals surface area contributed by atoms with E-state index < -0.39 is 0 Å². The SMILES string of the molecule is BrCCc1ccc2ncccc2n1. The number of nitrogens with zero attached hydrogens (tertiary/aromatic N) is 2. The van der Waals surface area contributed by atoms with Crippen LogP contribution in [0.25, 0.3) is 11.0 Å². The van der Waals surface area contributed by atoms with Crippen LogP contribution in [0.1, 0.15) is 5.69 Å². The third-order valence-electron chi connectivity index (χ3n) is 1.86. The smallest absolute Gasteiger partial charge is 0.0889 e. The van der Waals surface area contributed by atoms with Crippen LogP contribution in [-0.4, -0.2) is 15.3 Å². The van der Waals surface area contributed by atoms with Gasteiger partial charge in [0.2, 0.25) is 0 Å². The number of alkyl halides is 1. The number of pyridine rings is 2. The van der Waals surface area contributed by atoms with Crippen molar-refractivity contribution in [3.8, 4) is 0 Å². The highest BCUT2D eigenvalue weighted by Gasteiger charge is 1.96. The van der Waals surface area contributed by atoms with Crippen molar-refractivity contribution in [1.82, 2.24) is 9.97 Å². The molecule has 0 saturated heterocycles. The fraction of sp³-hybridized carbons (Fsp3) is 0.200. The Morgan fingerprint density at radius 1 is 1.15 bits per heavy atom. The van der Waals surface area contributed by atoms with Gasteiger partial charge in [-0.1, -0.05) is 15.9 Å². The maximum Gasteiger partial charge on any atom is 0.0889 e. The van der Waals surface area contributed by atoms with E-state index in [0.717, 1.165) is 28.5 Å². The molecule has 0 aliphatic rings. The van der Waals surface area contributed by atoms with Crippen molar-refractivity contribution in [2.24, 2.45) is 0 Å². The molecule has 2 heterocycles. The maximum atomic E-state index is 4.47. The highest BCUT2D eigenvalue weighted by molar-refractivity contribution is 9.09. The fourth-order valence-electron chi connectivity index (χ4n) is 1.24. The molecule has 0 spiro atoms. The Labute approximate surface area is 85.1 Å². The Hall–Kier alpha value is -0.960. The van der Waals surface area contributed by atoms with Gasteiger partial charge in [-0.25, -0.2) is 0 Å². The first kappa shape index (κ1) is 8.63. The normalized spacial score (nSPS) is 10.5. The zero-order valence-electron chi connectivity index (χ0n) is 7.07. The van der Waals surface area contributed by atoms with Crippen LogP contribution in [0.5, 0.6) is 0 Å². The summed E-state index contributed by atoms with van der Waals surface area (Å²) in [5, 5.41) is 0.950. The van der Waals surface area contributed by atoms with Gasteiger partial charge in [-0.15, -0.1) is 0 Å². The second-order valence-corrected chi connectivity index (χ2v) is 3.58. The van der Waals surface area contributed by atoms with Crippen molar-refractivity contribution in [2.75, 3.05) is 5.33 Å². The third-order valence-corrected chi connectivity index (χ3v) is 2.26. The molecule has 2 nitrogen and oxygen atoms in total. The second kappa shape index (κ2) is 3.83. The molecule has 0 amide bonds. The molecule has 0 aliphatic heterocycles. The average molecular weight is 237 g/mol. The number of halogens is 1. The number of hydrogen-bond acceptors (Lipinski definition) is 2. The molecule has 0 N–H and O–H groups in total. The fourth-order valence-corrected chi connectivity index (χ4v) is 1.64. The molecular formula is C10H9BrN2. The van der Waals surface area contributed by atoms with Gasteiger partial charge in [0.25, 0.3) is 0 Å². The van der Waals surface area contributed by atoms with Gasteiger partial charge in [0.1, 0.15) is 0 Å². The lowest BCUT2D eigenvalue weighted by Gasteiger charge is -1.99. The summed E-state index contributed by atoms with van der Waals surface area (Å²) in [4.78, 5) is 8.68. The molecule has 2 aromatic rings. The molecule has 0 fully saturated rings. The molecule has 0 unspecified atom stereocenters. The molecule has 0 aliphatic carbocycles. The van der Waals surface area contributed by atoms with Crippen molar-refractivity contribution in [3.05, 3.63) is 36.2 Å². The quantitative estimate of drug-likeness (QED) is 0.750. The topological polar surface area (TPSA) is 25.8 Å². The zero-order valence-corrected chi connectivity index (χ0v) is 8.66. The molecule has 3 heteroatoms. The maximum absolute atomic E-state index is 4.47. The minimum Gasteiger partial charge on any atom is -0.255 e. The van der Waals surface area contributed by atoms with Crippen LogP contribution in [0.4, 0.5) is 0 Å². The van der Waals surface area contributed by atoms with Crippen LogP contribution in [0.15, 0.2) is 30.5 Å². The Bertz CT molecular complexity index is 414. The standard InChI is InChI=1S/C10H9BrN2/c11-6-5-8-3-4-9-10(13-8)2-1-7-12-9/h1-4,7H,5-6H2.